The van der Waals surface area contributed by atoms with Crippen LogP contribution >= 0.6 is 11.8 Å². The Hall–Kier alpha value is -1.99. The first-order valence-corrected chi connectivity index (χ1v) is 12.8. The first-order chi connectivity index (χ1) is 13.8. The minimum absolute atomic E-state index is 0.168. The Labute approximate surface area is 178 Å². The zero-order valence-corrected chi connectivity index (χ0v) is 18.9. The van der Waals surface area contributed by atoms with Crippen LogP contribution in [0.4, 0.5) is 11.4 Å². The Bertz CT molecular complexity index is 989. The molecular weight excluding hydrogens is 404 g/mol. The monoisotopic (exact) mass is 432 g/mol. The fourth-order valence-electron chi connectivity index (χ4n) is 3.47. The van der Waals surface area contributed by atoms with E-state index in [1.54, 1.807) is 29.2 Å². The SMILES string of the molecule is CCCCCSc1ccc2c(c1)CCN2C(=O)c1ccccc1N(C)S(C)(=O)=O. The maximum atomic E-state index is 13.3. The fourth-order valence-corrected chi connectivity index (χ4v) is 4.96. The molecule has 0 unspecified atom stereocenters. The van der Waals surface area contributed by atoms with E-state index in [0.717, 1.165) is 28.4 Å². The molecule has 1 aliphatic rings. The number of anilines is 2. The standard InChI is InChI=1S/C22H28N2O3S2/c1-4-5-8-15-28-18-11-12-20-17(16-18)13-14-24(20)22(25)19-9-6-7-10-21(19)23(2)29(3,26)27/h6-7,9-12,16H,4-5,8,13-15H2,1-3H3. The third kappa shape index (κ3) is 4.95. The molecule has 0 aliphatic carbocycles. The number of amides is 1. The summed E-state index contributed by atoms with van der Waals surface area (Å²) in [5.74, 6) is 0.943. The Balaban J connectivity index is 1.82. The van der Waals surface area contributed by atoms with Crippen LogP contribution in [0.1, 0.15) is 42.1 Å². The number of nitrogens with zero attached hydrogens (tertiary/aromatic N) is 2. The lowest BCUT2D eigenvalue weighted by Crippen LogP contribution is -2.32. The van der Waals surface area contributed by atoms with Gasteiger partial charge in [0, 0.05) is 24.2 Å². The quantitative estimate of drug-likeness (QED) is 0.453. The van der Waals surface area contributed by atoms with Gasteiger partial charge in [-0.3, -0.25) is 9.10 Å². The summed E-state index contributed by atoms with van der Waals surface area (Å²) in [5.41, 5.74) is 2.89. The number of hydrogen-bond donors (Lipinski definition) is 0. The van der Waals surface area contributed by atoms with Crippen LogP contribution in [0, 0.1) is 0 Å². The second kappa shape index (κ2) is 9.22. The molecule has 0 saturated heterocycles. The summed E-state index contributed by atoms with van der Waals surface area (Å²) in [7, 11) is -1.98. The van der Waals surface area contributed by atoms with Gasteiger partial charge in [-0.2, -0.15) is 0 Å². The smallest absolute Gasteiger partial charge is 0.260 e. The Morgan fingerprint density at radius 1 is 1.17 bits per heavy atom. The van der Waals surface area contributed by atoms with Crippen molar-refractivity contribution >= 4 is 39.1 Å². The molecule has 0 saturated carbocycles. The van der Waals surface area contributed by atoms with Crippen molar-refractivity contribution in [1.29, 1.82) is 0 Å². The number of benzene rings is 2. The number of hydrogen-bond acceptors (Lipinski definition) is 4. The number of unbranched alkanes of at least 4 members (excludes halogenated alkanes) is 2. The molecule has 29 heavy (non-hydrogen) atoms. The Morgan fingerprint density at radius 3 is 2.66 bits per heavy atom. The van der Waals surface area contributed by atoms with Gasteiger partial charge in [0.1, 0.15) is 0 Å². The van der Waals surface area contributed by atoms with E-state index in [9.17, 15) is 13.2 Å². The largest absolute Gasteiger partial charge is 0.308 e. The van der Waals surface area contributed by atoms with Crippen LogP contribution in [0.5, 0.6) is 0 Å². The molecule has 2 aromatic carbocycles. The third-order valence-electron chi connectivity index (χ3n) is 5.18. The predicted molar refractivity (Wildman–Crippen MR) is 122 cm³/mol. The molecule has 0 atom stereocenters. The van der Waals surface area contributed by atoms with Gasteiger partial charge in [0.05, 0.1) is 17.5 Å². The van der Waals surface area contributed by atoms with Gasteiger partial charge in [-0.25, -0.2) is 8.42 Å². The summed E-state index contributed by atoms with van der Waals surface area (Å²) in [6.07, 6.45) is 5.64. The lowest BCUT2D eigenvalue weighted by molar-refractivity contribution is 0.0990. The molecule has 3 rings (SSSR count). The number of sulfonamides is 1. The van der Waals surface area contributed by atoms with E-state index in [-0.39, 0.29) is 5.91 Å². The molecule has 1 amide bonds. The molecule has 1 aliphatic heterocycles. The molecule has 1 heterocycles. The first-order valence-electron chi connectivity index (χ1n) is 9.93. The topological polar surface area (TPSA) is 57.7 Å². The van der Waals surface area contributed by atoms with E-state index in [2.05, 4.69) is 19.1 Å². The van der Waals surface area contributed by atoms with Crippen LogP contribution in [-0.4, -0.2) is 39.9 Å². The minimum Gasteiger partial charge on any atom is -0.308 e. The summed E-state index contributed by atoms with van der Waals surface area (Å²) in [5, 5.41) is 0. The molecule has 2 aromatic rings. The van der Waals surface area contributed by atoms with Crippen molar-refractivity contribution in [1.82, 2.24) is 0 Å². The van der Waals surface area contributed by atoms with E-state index < -0.39 is 10.0 Å². The lowest BCUT2D eigenvalue weighted by atomic mass is 10.1. The van der Waals surface area contributed by atoms with Crippen LogP contribution in [0.15, 0.2) is 47.4 Å². The van der Waals surface area contributed by atoms with Crippen molar-refractivity contribution in [2.45, 2.75) is 37.5 Å². The van der Waals surface area contributed by atoms with Crippen molar-refractivity contribution in [3.05, 3.63) is 53.6 Å². The average molecular weight is 433 g/mol. The second-order valence-corrected chi connectivity index (χ2v) is 10.5. The van der Waals surface area contributed by atoms with Crippen LogP contribution in [-0.2, 0) is 16.4 Å². The molecule has 0 bridgehead atoms. The normalized spacial score (nSPS) is 13.4. The molecule has 0 spiro atoms. The first kappa shape index (κ1) is 21.7. The lowest BCUT2D eigenvalue weighted by Gasteiger charge is -2.23. The number of thioether (sulfide) groups is 1. The molecule has 0 fully saturated rings. The zero-order chi connectivity index (χ0) is 21.0. The van der Waals surface area contributed by atoms with Crippen LogP contribution < -0.4 is 9.21 Å². The van der Waals surface area contributed by atoms with Crippen LogP contribution in [0.25, 0.3) is 0 Å². The third-order valence-corrected chi connectivity index (χ3v) is 7.45. The van der Waals surface area contributed by atoms with Crippen molar-refractivity contribution < 1.29 is 13.2 Å². The van der Waals surface area contributed by atoms with Gasteiger partial charge in [0.15, 0.2) is 0 Å². The molecule has 0 N–H and O–H groups in total. The highest BCUT2D eigenvalue weighted by atomic mass is 32.2. The van der Waals surface area contributed by atoms with Crippen LogP contribution in [0.2, 0.25) is 0 Å². The number of para-hydroxylation sites is 1. The van der Waals surface area contributed by atoms with Gasteiger partial charge in [0.25, 0.3) is 5.91 Å². The zero-order valence-electron chi connectivity index (χ0n) is 17.2. The van der Waals surface area contributed by atoms with Crippen molar-refractivity contribution in [3.8, 4) is 0 Å². The minimum atomic E-state index is -3.45. The van der Waals surface area contributed by atoms with Crippen molar-refractivity contribution in [2.24, 2.45) is 0 Å². The van der Waals surface area contributed by atoms with Gasteiger partial charge in [-0.1, -0.05) is 31.9 Å². The molecular formula is C22H28N2O3S2. The summed E-state index contributed by atoms with van der Waals surface area (Å²) >= 11 is 1.86. The molecule has 0 aromatic heterocycles. The molecule has 7 heteroatoms. The van der Waals surface area contributed by atoms with E-state index in [0.29, 0.717) is 17.8 Å². The van der Waals surface area contributed by atoms with Gasteiger partial charge >= 0.3 is 0 Å². The predicted octanol–water partition coefficient (Wildman–Crippen LogP) is 4.57. The van der Waals surface area contributed by atoms with E-state index in [1.807, 2.05) is 17.8 Å². The maximum Gasteiger partial charge on any atom is 0.260 e. The summed E-state index contributed by atoms with van der Waals surface area (Å²) in [6.45, 7) is 2.81. The number of carbonyl (C=O) groups is 1. The Morgan fingerprint density at radius 2 is 1.93 bits per heavy atom. The number of carbonyl (C=O) groups excluding carboxylic acids is 1. The van der Waals surface area contributed by atoms with Crippen molar-refractivity contribution in [3.63, 3.8) is 0 Å². The van der Waals surface area contributed by atoms with E-state index >= 15 is 0 Å². The van der Waals surface area contributed by atoms with Gasteiger partial charge < -0.3 is 4.90 Å². The second-order valence-electron chi connectivity index (χ2n) is 7.30. The number of rotatable bonds is 8. The van der Waals surface area contributed by atoms with Crippen LogP contribution in [0.3, 0.4) is 0 Å². The Kier molecular flexibility index (Phi) is 6.90. The van der Waals surface area contributed by atoms with E-state index in [4.69, 9.17) is 0 Å². The van der Waals surface area contributed by atoms with Crippen molar-refractivity contribution in [2.75, 3.05) is 34.8 Å². The average Bonchev–Trinajstić information content (AvgIpc) is 3.12. The summed E-state index contributed by atoms with van der Waals surface area (Å²) < 4.78 is 25.1. The maximum absolute atomic E-state index is 13.3. The van der Waals surface area contributed by atoms with Gasteiger partial charge in [-0.05, 0) is 54.5 Å². The summed E-state index contributed by atoms with van der Waals surface area (Å²) in [4.78, 5) is 16.3. The highest BCUT2D eigenvalue weighted by Crippen LogP contribution is 2.34. The van der Waals surface area contributed by atoms with E-state index in [1.165, 1.54) is 36.8 Å². The number of fused-ring (bicyclic) bond motifs is 1. The molecule has 5 nitrogen and oxygen atoms in total. The fraction of sp³-hybridized carbons (Fsp3) is 0.409. The summed E-state index contributed by atoms with van der Waals surface area (Å²) in [6, 6.07) is 13.2. The molecule has 156 valence electrons. The van der Waals surface area contributed by atoms with Gasteiger partial charge in [-0.15, -0.1) is 11.8 Å². The van der Waals surface area contributed by atoms with Gasteiger partial charge in [0.2, 0.25) is 10.0 Å². The highest BCUT2D eigenvalue weighted by Gasteiger charge is 2.28. The molecule has 0 radical (unpaired) electrons. The highest BCUT2D eigenvalue weighted by molar-refractivity contribution is 7.99.